The number of piperazine rings is 1. The Balaban J connectivity index is 1.62. The van der Waals surface area contributed by atoms with Crippen molar-refractivity contribution in [2.24, 2.45) is 0 Å². The zero-order valence-electron chi connectivity index (χ0n) is 18.9. The number of unbranched alkanes of at least 4 members (excludes halogenated alkanes) is 1. The van der Waals surface area contributed by atoms with Crippen molar-refractivity contribution in [2.45, 2.75) is 33.3 Å². The van der Waals surface area contributed by atoms with Crippen LogP contribution < -0.4 is 14.4 Å². The van der Waals surface area contributed by atoms with Gasteiger partial charge >= 0.3 is 0 Å². The third kappa shape index (κ3) is 6.14. The highest BCUT2D eigenvalue weighted by Gasteiger charge is 2.23. The third-order valence-corrected chi connectivity index (χ3v) is 5.51. The normalized spacial score (nSPS) is 13.9. The van der Waals surface area contributed by atoms with Gasteiger partial charge in [0.15, 0.2) is 0 Å². The van der Waals surface area contributed by atoms with E-state index < -0.39 is 0 Å². The molecular weight excluding hydrogens is 392 g/mol. The zero-order valence-corrected chi connectivity index (χ0v) is 18.9. The van der Waals surface area contributed by atoms with Gasteiger partial charge in [-0.2, -0.15) is 0 Å². The fraction of sp³-hybridized carbons (Fsp3) is 0.480. The second-order valence-electron chi connectivity index (χ2n) is 7.64. The predicted octanol–water partition coefficient (Wildman–Crippen LogP) is 4.37. The molecule has 0 atom stereocenters. The van der Waals surface area contributed by atoms with Crippen LogP contribution >= 0.6 is 0 Å². The lowest BCUT2D eigenvalue weighted by molar-refractivity contribution is 0.0746. The average molecular weight is 427 g/mol. The quantitative estimate of drug-likeness (QED) is 0.528. The highest BCUT2D eigenvalue weighted by atomic mass is 16.5. The van der Waals surface area contributed by atoms with E-state index in [-0.39, 0.29) is 5.91 Å². The molecule has 1 fully saturated rings. The summed E-state index contributed by atoms with van der Waals surface area (Å²) in [5.41, 5.74) is 2.77. The second-order valence-corrected chi connectivity index (χ2v) is 7.64. The van der Waals surface area contributed by atoms with E-state index in [2.05, 4.69) is 24.0 Å². The molecule has 0 saturated carbocycles. The van der Waals surface area contributed by atoms with Gasteiger partial charge in [-0.1, -0.05) is 13.3 Å². The summed E-state index contributed by atoms with van der Waals surface area (Å²) in [4.78, 5) is 17.4. The number of benzene rings is 2. The van der Waals surface area contributed by atoms with Gasteiger partial charge in [0.25, 0.3) is 5.91 Å². The molecule has 0 spiro atoms. The van der Waals surface area contributed by atoms with Gasteiger partial charge in [-0.05, 0) is 55.8 Å². The van der Waals surface area contributed by atoms with E-state index in [4.69, 9.17) is 14.2 Å². The molecule has 1 aliphatic rings. The van der Waals surface area contributed by atoms with Gasteiger partial charge in [-0.15, -0.1) is 0 Å². The van der Waals surface area contributed by atoms with Crippen LogP contribution in [0.1, 0.15) is 42.6 Å². The number of anilines is 1. The van der Waals surface area contributed by atoms with Crippen molar-refractivity contribution in [1.29, 1.82) is 0 Å². The molecule has 1 aliphatic heterocycles. The van der Waals surface area contributed by atoms with Crippen molar-refractivity contribution >= 4 is 11.6 Å². The lowest BCUT2D eigenvalue weighted by Gasteiger charge is -2.36. The van der Waals surface area contributed by atoms with Crippen LogP contribution in [-0.4, -0.2) is 57.3 Å². The number of amides is 1. The van der Waals surface area contributed by atoms with E-state index in [1.807, 2.05) is 42.2 Å². The van der Waals surface area contributed by atoms with Crippen LogP contribution in [0.15, 0.2) is 42.5 Å². The summed E-state index contributed by atoms with van der Waals surface area (Å²) in [6.07, 6.45) is 2.13. The maximum atomic E-state index is 13.1. The number of carbonyl (C=O) groups excluding carboxylic acids is 1. The smallest absolute Gasteiger partial charge is 0.253 e. The first kappa shape index (κ1) is 22.9. The maximum absolute atomic E-state index is 13.1. The minimum Gasteiger partial charge on any atom is -0.497 e. The first-order valence-electron chi connectivity index (χ1n) is 11.2. The lowest BCUT2D eigenvalue weighted by Crippen LogP contribution is -2.48. The summed E-state index contributed by atoms with van der Waals surface area (Å²) in [6.45, 7) is 8.87. The molecule has 0 unspecified atom stereocenters. The Labute approximate surface area is 185 Å². The van der Waals surface area contributed by atoms with E-state index in [1.165, 1.54) is 0 Å². The molecule has 0 radical (unpaired) electrons. The molecular formula is C25H34N2O4. The number of methoxy groups -OCH3 is 1. The predicted molar refractivity (Wildman–Crippen MR) is 123 cm³/mol. The summed E-state index contributed by atoms with van der Waals surface area (Å²) < 4.78 is 16.8. The van der Waals surface area contributed by atoms with Crippen LogP contribution in [0.25, 0.3) is 0 Å². The Morgan fingerprint density at radius 1 is 1.00 bits per heavy atom. The van der Waals surface area contributed by atoms with Crippen LogP contribution in [0, 0.1) is 0 Å². The number of rotatable bonds is 10. The number of ether oxygens (including phenoxy) is 3. The molecule has 1 amide bonds. The molecule has 2 aromatic carbocycles. The van der Waals surface area contributed by atoms with Gasteiger partial charge in [0.2, 0.25) is 0 Å². The van der Waals surface area contributed by atoms with Crippen molar-refractivity contribution in [3.8, 4) is 11.5 Å². The molecule has 6 heteroatoms. The molecule has 0 bridgehead atoms. The Morgan fingerprint density at radius 2 is 1.74 bits per heavy atom. The van der Waals surface area contributed by atoms with Gasteiger partial charge in [-0.25, -0.2) is 0 Å². The summed E-state index contributed by atoms with van der Waals surface area (Å²) in [7, 11) is 1.67. The number of hydrogen-bond acceptors (Lipinski definition) is 5. The monoisotopic (exact) mass is 426 g/mol. The van der Waals surface area contributed by atoms with E-state index in [1.54, 1.807) is 7.11 Å². The molecule has 0 aliphatic carbocycles. The molecule has 0 aromatic heterocycles. The largest absolute Gasteiger partial charge is 0.497 e. The van der Waals surface area contributed by atoms with Crippen LogP contribution in [0.5, 0.6) is 11.5 Å². The van der Waals surface area contributed by atoms with Crippen molar-refractivity contribution in [3.05, 3.63) is 53.6 Å². The summed E-state index contributed by atoms with van der Waals surface area (Å²) >= 11 is 0. The summed E-state index contributed by atoms with van der Waals surface area (Å²) in [6, 6.07) is 13.7. The number of nitrogens with zero attached hydrogens (tertiary/aromatic N) is 2. The van der Waals surface area contributed by atoms with Crippen molar-refractivity contribution in [1.82, 2.24) is 4.90 Å². The van der Waals surface area contributed by atoms with E-state index in [0.29, 0.717) is 38.5 Å². The van der Waals surface area contributed by atoms with Crippen LogP contribution in [-0.2, 0) is 11.3 Å². The van der Waals surface area contributed by atoms with E-state index in [9.17, 15) is 4.79 Å². The van der Waals surface area contributed by atoms with Crippen LogP contribution in [0.2, 0.25) is 0 Å². The average Bonchev–Trinajstić information content (AvgIpc) is 2.82. The summed E-state index contributed by atoms with van der Waals surface area (Å²) in [5.74, 6) is 1.70. The topological polar surface area (TPSA) is 51.2 Å². The van der Waals surface area contributed by atoms with Crippen LogP contribution in [0.3, 0.4) is 0 Å². The number of carbonyl (C=O) groups is 1. The summed E-state index contributed by atoms with van der Waals surface area (Å²) in [5, 5.41) is 0. The molecule has 168 valence electrons. The SMILES string of the molecule is CCCCOCc1cc(C(=O)N2CCN(c3ccc(OC)cc3)CC2)ccc1OCC. The van der Waals surface area contributed by atoms with Gasteiger partial charge in [0.05, 0.1) is 20.3 Å². The molecule has 6 nitrogen and oxygen atoms in total. The Morgan fingerprint density at radius 3 is 2.39 bits per heavy atom. The van der Waals surface area contributed by atoms with Crippen molar-refractivity contribution in [3.63, 3.8) is 0 Å². The first-order chi connectivity index (χ1) is 15.2. The zero-order chi connectivity index (χ0) is 22.1. The lowest BCUT2D eigenvalue weighted by atomic mass is 10.1. The fourth-order valence-electron chi connectivity index (χ4n) is 3.69. The molecule has 31 heavy (non-hydrogen) atoms. The van der Waals surface area contributed by atoms with Gasteiger partial charge < -0.3 is 24.0 Å². The van der Waals surface area contributed by atoms with Gasteiger partial charge in [0.1, 0.15) is 11.5 Å². The second kappa shape index (κ2) is 11.6. The number of hydrogen-bond donors (Lipinski definition) is 0. The first-order valence-corrected chi connectivity index (χ1v) is 11.2. The van der Waals surface area contributed by atoms with E-state index >= 15 is 0 Å². The van der Waals surface area contributed by atoms with Gasteiger partial charge in [-0.3, -0.25) is 4.79 Å². The standard InChI is InChI=1S/C25H34N2O4/c1-4-6-17-30-19-21-18-20(7-12-24(21)31-5-2)25(28)27-15-13-26(14-16-27)22-8-10-23(29-3)11-9-22/h7-12,18H,4-6,13-17,19H2,1-3H3. The Bertz CT molecular complexity index is 830. The molecule has 1 heterocycles. The highest BCUT2D eigenvalue weighted by Crippen LogP contribution is 2.24. The third-order valence-electron chi connectivity index (χ3n) is 5.51. The molecule has 2 aromatic rings. The van der Waals surface area contributed by atoms with Crippen molar-refractivity contribution < 1.29 is 19.0 Å². The van der Waals surface area contributed by atoms with Crippen LogP contribution in [0.4, 0.5) is 5.69 Å². The van der Waals surface area contributed by atoms with Crippen molar-refractivity contribution in [2.75, 3.05) is 51.4 Å². The van der Waals surface area contributed by atoms with Gasteiger partial charge in [0, 0.05) is 49.6 Å². The minimum atomic E-state index is 0.0623. The highest BCUT2D eigenvalue weighted by molar-refractivity contribution is 5.94. The minimum absolute atomic E-state index is 0.0623. The molecule has 0 N–H and O–H groups in total. The fourth-order valence-corrected chi connectivity index (χ4v) is 3.69. The Kier molecular flexibility index (Phi) is 8.59. The molecule has 1 saturated heterocycles. The maximum Gasteiger partial charge on any atom is 0.253 e. The Hall–Kier alpha value is -2.73. The van der Waals surface area contributed by atoms with E-state index in [0.717, 1.165) is 48.7 Å². The molecule has 3 rings (SSSR count).